The molecule has 0 spiro atoms. The average Bonchev–Trinajstić information content (AvgIpc) is 2.58. The zero-order chi connectivity index (χ0) is 21.1. The van der Waals surface area contributed by atoms with E-state index in [-0.39, 0.29) is 5.97 Å². The van der Waals surface area contributed by atoms with Gasteiger partial charge in [-0.3, -0.25) is 0 Å². The molecule has 28 heavy (non-hydrogen) atoms. The summed E-state index contributed by atoms with van der Waals surface area (Å²) in [4.78, 5) is 35.7. The molecule has 1 aliphatic rings. The number of methoxy groups -OCH3 is 1. The van der Waals surface area contributed by atoms with Crippen molar-refractivity contribution in [2.75, 3.05) is 7.11 Å². The first-order valence-corrected chi connectivity index (χ1v) is 11.9. The van der Waals surface area contributed by atoms with Crippen LogP contribution in [-0.2, 0) is 31.7 Å². The van der Waals surface area contributed by atoms with Gasteiger partial charge in [-0.15, -0.1) is 0 Å². The standard InChI is InChI=1S/C20H27IO7/c1-12(22)27-21(28-13(2)23)15-10-11-16(25-6)14-8-7-9-17(18(14)15)26-19(24)20(3,4)5/h10-11,17H,7-9H2,1-6H3/t17-/m1/s1. The molecule has 0 radical (unpaired) electrons. The molecule has 1 atom stereocenters. The van der Waals surface area contributed by atoms with Crippen molar-refractivity contribution in [3.8, 4) is 5.75 Å². The fourth-order valence-corrected chi connectivity index (χ4v) is 6.19. The first-order valence-electron chi connectivity index (χ1n) is 9.03. The van der Waals surface area contributed by atoms with Crippen LogP contribution in [0.25, 0.3) is 0 Å². The molecule has 0 fully saturated rings. The second kappa shape index (κ2) is 9.11. The number of carbonyl (C=O) groups excluding carboxylic acids is 3. The van der Waals surface area contributed by atoms with E-state index in [1.54, 1.807) is 40.0 Å². The first-order chi connectivity index (χ1) is 13.0. The predicted molar refractivity (Wildman–Crippen MR) is 110 cm³/mol. The molecule has 0 amide bonds. The SMILES string of the molecule is COc1ccc(I(OC(C)=O)OC(C)=O)c2c1CCC[C@H]2OC(=O)C(C)(C)C. The molecule has 0 N–H and O–H groups in total. The fraction of sp³-hybridized carbons (Fsp3) is 0.550. The van der Waals surface area contributed by atoms with Crippen LogP contribution >= 0.6 is 20.6 Å². The normalized spacial score (nSPS) is 16.5. The van der Waals surface area contributed by atoms with Crippen molar-refractivity contribution in [2.45, 2.75) is 60.0 Å². The molecule has 156 valence electrons. The fourth-order valence-electron chi connectivity index (χ4n) is 2.88. The van der Waals surface area contributed by atoms with Crippen LogP contribution in [0.15, 0.2) is 12.1 Å². The third-order valence-corrected chi connectivity index (χ3v) is 8.01. The van der Waals surface area contributed by atoms with Crippen molar-refractivity contribution in [3.63, 3.8) is 0 Å². The summed E-state index contributed by atoms with van der Waals surface area (Å²) in [5.74, 6) is -0.679. The van der Waals surface area contributed by atoms with Crippen LogP contribution in [0.2, 0.25) is 0 Å². The summed E-state index contributed by atoms with van der Waals surface area (Å²) in [5.41, 5.74) is 0.996. The molecule has 7 nitrogen and oxygen atoms in total. The van der Waals surface area contributed by atoms with E-state index in [9.17, 15) is 14.4 Å². The van der Waals surface area contributed by atoms with Crippen molar-refractivity contribution in [2.24, 2.45) is 5.41 Å². The van der Waals surface area contributed by atoms with Gasteiger partial charge in [0.1, 0.15) is 0 Å². The first kappa shape index (κ1) is 22.4. The van der Waals surface area contributed by atoms with E-state index >= 15 is 0 Å². The average molecular weight is 506 g/mol. The Bertz CT molecular complexity index is 751. The number of hydrogen-bond acceptors (Lipinski definition) is 7. The van der Waals surface area contributed by atoms with Crippen molar-refractivity contribution in [1.29, 1.82) is 0 Å². The maximum atomic E-state index is 12.5. The Hall–Kier alpha value is -1.84. The van der Waals surface area contributed by atoms with Crippen molar-refractivity contribution in [3.05, 3.63) is 26.8 Å². The molecule has 8 heteroatoms. The van der Waals surface area contributed by atoms with Gasteiger partial charge in [0.05, 0.1) is 0 Å². The van der Waals surface area contributed by atoms with Gasteiger partial charge >= 0.3 is 174 Å². The molecule has 0 aliphatic heterocycles. The zero-order valence-corrected chi connectivity index (χ0v) is 19.2. The molecule has 0 heterocycles. The van der Waals surface area contributed by atoms with Gasteiger partial charge in [-0.1, -0.05) is 0 Å². The predicted octanol–water partition coefficient (Wildman–Crippen LogP) is 4.29. The Labute approximate surface area is 173 Å². The minimum atomic E-state index is -3.09. The number of benzene rings is 1. The van der Waals surface area contributed by atoms with Crippen molar-refractivity contribution < 1.29 is 30.0 Å². The molecular weight excluding hydrogens is 479 g/mol. The molecule has 0 saturated heterocycles. The topological polar surface area (TPSA) is 88.1 Å². The molecule has 2 rings (SSSR count). The number of fused-ring (bicyclic) bond motifs is 1. The van der Waals surface area contributed by atoms with E-state index in [2.05, 4.69) is 0 Å². The van der Waals surface area contributed by atoms with Crippen LogP contribution in [0, 0.1) is 8.99 Å². The number of esters is 1. The number of ether oxygens (including phenoxy) is 2. The van der Waals surface area contributed by atoms with Crippen molar-refractivity contribution in [1.82, 2.24) is 0 Å². The summed E-state index contributed by atoms with van der Waals surface area (Å²) in [6, 6.07) is 3.53. The monoisotopic (exact) mass is 506 g/mol. The van der Waals surface area contributed by atoms with Gasteiger partial charge in [-0.2, -0.15) is 0 Å². The molecular formula is C20H27IO7. The second-order valence-corrected chi connectivity index (χ2v) is 10.8. The van der Waals surface area contributed by atoms with Crippen LogP contribution in [0.4, 0.5) is 0 Å². The summed E-state index contributed by atoms with van der Waals surface area (Å²) in [6.45, 7) is 7.94. The van der Waals surface area contributed by atoms with E-state index < -0.39 is 44.1 Å². The van der Waals surface area contributed by atoms with Crippen LogP contribution in [0.1, 0.15) is 64.7 Å². The molecule has 0 unspecified atom stereocenters. The van der Waals surface area contributed by atoms with Gasteiger partial charge in [-0.05, 0) is 0 Å². The van der Waals surface area contributed by atoms with Gasteiger partial charge in [0, 0.05) is 0 Å². The molecule has 0 saturated carbocycles. The molecule has 1 aliphatic carbocycles. The number of hydrogen-bond donors (Lipinski definition) is 0. The Morgan fingerprint density at radius 3 is 2.18 bits per heavy atom. The Morgan fingerprint density at radius 2 is 1.68 bits per heavy atom. The quantitative estimate of drug-likeness (QED) is 0.435. The van der Waals surface area contributed by atoms with Gasteiger partial charge in [-0.25, -0.2) is 0 Å². The van der Waals surface area contributed by atoms with Gasteiger partial charge in [0.25, 0.3) is 0 Å². The molecule has 1 aromatic carbocycles. The van der Waals surface area contributed by atoms with E-state index in [4.69, 9.17) is 15.6 Å². The van der Waals surface area contributed by atoms with Crippen LogP contribution in [0.3, 0.4) is 0 Å². The summed E-state index contributed by atoms with van der Waals surface area (Å²) < 4.78 is 22.8. The Balaban J connectivity index is 2.56. The Morgan fingerprint density at radius 1 is 1.07 bits per heavy atom. The van der Waals surface area contributed by atoms with E-state index in [0.717, 1.165) is 24.0 Å². The third kappa shape index (κ3) is 5.36. The molecule has 0 aromatic heterocycles. The maximum absolute atomic E-state index is 12.5. The summed E-state index contributed by atoms with van der Waals surface area (Å²) in [6.07, 6.45) is 1.69. The molecule has 0 bridgehead atoms. The van der Waals surface area contributed by atoms with Crippen LogP contribution in [-0.4, -0.2) is 25.0 Å². The summed E-state index contributed by atoms with van der Waals surface area (Å²) in [7, 11) is 1.58. The van der Waals surface area contributed by atoms with Gasteiger partial charge in [0.2, 0.25) is 0 Å². The van der Waals surface area contributed by atoms with Gasteiger partial charge < -0.3 is 0 Å². The Kier molecular flexibility index (Phi) is 7.30. The summed E-state index contributed by atoms with van der Waals surface area (Å²) in [5, 5.41) is 0. The zero-order valence-electron chi connectivity index (χ0n) is 17.1. The number of carbonyl (C=O) groups is 3. The van der Waals surface area contributed by atoms with E-state index in [0.29, 0.717) is 15.7 Å². The number of halogens is 1. The number of rotatable bonds is 5. The molecule has 1 aromatic rings. The van der Waals surface area contributed by atoms with E-state index in [1.165, 1.54) is 13.8 Å². The summed E-state index contributed by atoms with van der Waals surface area (Å²) >= 11 is -3.09. The van der Waals surface area contributed by atoms with E-state index in [1.807, 2.05) is 0 Å². The van der Waals surface area contributed by atoms with Crippen LogP contribution in [0.5, 0.6) is 5.75 Å². The van der Waals surface area contributed by atoms with Crippen molar-refractivity contribution >= 4 is 38.6 Å². The second-order valence-electron chi connectivity index (χ2n) is 7.53. The minimum absolute atomic E-state index is 0.320. The van der Waals surface area contributed by atoms with Gasteiger partial charge in [0.15, 0.2) is 0 Å². The third-order valence-electron chi connectivity index (χ3n) is 4.08. The van der Waals surface area contributed by atoms with Crippen LogP contribution < -0.4 is 4.74 Å².